The van der Waals surface area contributed by atoms with Crippen LogP contribution in [-0.2, 0) is 23.5 Å². The zero-order valence-corrected chi connectivity index (χ0v) is 24.6. The molecule has 0 radical (unpaired) electrons. The Balaban J connectivity index is 3.83. The molecule has 0 saturated carbocycles. The Bertz CT molecular complexity index is 527. The van der Waals surface area contributed by atoms with Crippen molar-refractivity contribution < 1.29 is 23.5 Å². The molecule has 0 aliphatic carbocycles. The van der Waals surface area contributed by atoms with Gasteiger partial charge in [-0.3, -0.25) is 9.59 Å². The number of carbonyl (C=O) groups is 2. The van der Waals surface area contributed by atoms with Crippen LogP contribution < -0.4 is 0 Å². The van der Waals surface area contributed by atoms with E-state index in [1.54, 1.807) is 0 Å². The topological polar surface area (TPSA) is 61.8 Å². The molecule has 0 heterocycles. The standard InChI is InChI=1S/C28H56O5Si/c1-8-9-10-11-12-13-14-15-16-17-18-19-20-21-22-27(30)31-23-26(33-25(2)29)24-32-34(6,7)28(3,4)5/h26H,8-24H2,1-7H3/t26-/m1/s1. The van der Waals surface area contributed by atoms with Crippen LogP contribution in [0.2, 0.25) is 18.1 Å². The molecule has 1 atom stereocenters. The molecule has 0 aromatic carbocycles. The number of hydrogen-bond donors (Lipinski definition) is 0. The van der Waals surface area contributed by atoms with E-state index in [9.17, 15) is 9.59 Å². The summed E-state index contributed by atoms with van der Waals surface area (Å²) in [5, 5.41) is 0.0678. The third kappa shape index (κ3) is 18.4. The monoisotopic (exact) mass is 500 g/mol. The Kier molecular flexibility index (Phi) is 18.8. The van der Waals surface area contributed by atoms with Crippen molar-refractivity contribution in [3.05, 3.63) is 0 Å². The van der Waals surface area contributed by atoms with Crippen LogP contribution in [0.3, 0.4) is 0 Å². The fourth-order valence-electron chi connectivity index (χ4n) is 3.59. The molecule has 0 saturated heterocycles. The minimum Gasteiger partial charge on any atom is -0.462 e. The van der Waals surface area contributed by atoms with E-state index in [1.807, 2.05) is 0 Å². The smallest absolute Gasteiger partial charge is 0.305 e. The number of unbranched alkanes of at least 4 members (excludes halogenated alkanes) is 13. The van der Waals surface area contributed by atoms with E-state index < -0.39 is 14.4 Å². The molecule has 0 spiro atoms. The van der Waals surface area contributed by atoms with Crippen molar-refractivity contribution >= 4 is 20.3 Å². The van der Waals surface area contributed by atoms with Crippen molar-refractivity contribution in [1.29, 1.82) is 0 Å². The third-order valence-corrected chi connectivity index (χ3v) is 11.4. The van der Waals surface area contributed by atoms with E-state index in [4.69, 9.17) is 13.9 Å². The molecule has 6 heteroatoms. The van der Waals surface area contributed by atoms with E-state index in [1.165, 1.54) is 84.0 Å². The normalized spacial score (nSPS) is 13.0. The molecule has 0 aliphatic rings. The maximum absolute atomic E-state index is 12.1. The van der Waals surface area contributed by atoms with Crippen molar-refractivity contribution in [2.24, 2.45) is 0 Å². The van der Waals surface area contributed by atoms with Crippen LogP contribution in [0.4, 0.5) is 0 Å². The number of esters is 2. The highest BCUT2D eigenvalue weighted by molar-refractivity contribution is 6.74. The van der Waals surface area contributed by atoms with Gasteiger partial charge in [0, 0.05) is 13.3 Å². The summed E-state index contributed by atoms with van der Waals surface area (Å²) in [4.78, 5) is 23.5. The second kappa shape index (κ2) is 19.3. The van der Waals surface area contributed by atoms with Gasteiger partial charge >= 0.3 is 11.9 Å². The second-order valence-corrected chi connectivity index (χ2v) is 16.1. The largest absolute Gasteiger partial charge is 0.462 e. The maximum atomic E-state index is 12.1. The Morgan fingerprint density at radius 1 is 0.735 bits per heavy atom. The van der Waals surface area contributed by atoms with Gasteiger partial charge in [0.2, 0.25) is 0 Å². The zero-order chi connectivity index (χ0) is 25.9. The van der Waals surface area contributed by atoms with Gasteiger partial charge in [-0.15, -0.1) is 0 Å². The molecule has 0 aliphatic heterocycles. The minimum absolute atomic E-state index is 0.0612. The van der Waals surface area contributed by atoms with E-state index in [2.05, 4.69) is 40.8 Å². The van der Waals surface area contributed by atoms with Crippen LogP contribution in [0.5, 0.6) is 0 Å². The molecule has 0 amide bonds. The summed E-state index contributed by atoms with van der Waals surface area (Å²) in [5.74, 6) is -0.602. The molecule has 0 rings (SSSR count). The van der Waals surface area contributed by atoms with E-state index in [0.717, 1.165) is 12.8 Å². The first-order valence-electron chi connectivity index (χ1n) is 14.0. The third-order valence-electron chi connectivity index (χ3n) is 6.93. The molecule has 0 unspecified atom stereocenters. The van der Waals surface area contributed by atoms with Crippen LogP contribution in [0, 0.1) is 0 Å². The lowest BCUT2D eigenvalue weighted by atomic mass is 10.0. The van der Waals surface area contributed by atoms with Crippen LogP contribution in [0.1, 0.15) is 131 Å². The lowest BCUT2D eigenvalue weighted by Crippen LogP contribution is -2.44. The van der Waals surface area contributed by atoms with Gasteiger partial charge in [0.25, 0.3) is 0 Å². The Morgan fingerprint density at radius 2 is 1.18 bits per heavy atom. The summed E-state index contributed by atoms with van der Waals surface area (Å²) in [6, 6.07) is 0. The summed E-state index contributed by atoms with van der Waals surface area (Å²) in [6.07, 6.45) is 17.9. The van der Waals surface area contributed by atoms with Crippen molar-refractivity contribution in [1.82, 2.24) is 0 Å². The Hall–Kier alpha value is -0.883. The second-order valence-electron chi connectivity index (χ2n) is 11.3. The van der Waals surface area contributed by atoms with Crippen molar-refractivity contribution in [2.45, 2.75) is 155 Å². The minimum atomic E-state index is -1.96. The van der Waals surface area contributed by atoms with E-state index in [-0.39, 0.29) is 30.2 Å². The van der Waals surface area contributed by atoms with Crippen LogP contribution in [0.25, 0.3) is 0 Å². The molecule has 0 fully saturated rings. The molecule has 202 valence electrons. The Labute approximate surface area is 212 Å². The average molecular weight is 501 g/mol. The van der Waals surface area contributed by atoms with Crippen LogP contribution in [-0.4, -0.2) is 39.6 Å². The molecule has 5 nitrogen and oxygen atoms in total. The van der Waals surface area contributed by atoms with Crippen molar-refractivity contribution in [3.8, 4) is 0 Å². The van der Waals surface area contributed by atoms with Gasteiger partial charge in [0.05, 0.1) is 6.61 Å². The van der Waals surface area contributed by atoms with Crippen molar-refractivity contribution in [3.63, 3.8) is 0 Å². The summed E-state index contributed by atoms with van der Waals surface area (Å²) < 4.78 is 16.9. The lowest BCUT2D eigenvalue weighted by Gasteiger charge is -2.37. The fraction of sp³-hybridized carbons (Fsp3) is 0.929. The quantitative estimate of drug-likeness (QED) is 0.0900. The van der Waals surface area contributed by atoms with E-state index >= 15 is 0 Å². The molecular weight excluding hydrogens is 444 g/mol. The lowest BCUT2D eigenvalue weighted by molar-refractivity contribution is -0.159. The summed E-state index contributed by atoms with van der Waals surface area (Å²) in [7, 11) is -1.96. The zero-order valence-electron chi connectivity index (χ0n) is 23.6. The first-order valence-corrected chi connectivity index (χ1v) is 16.9. The number of hydrogen-bond acceptors (Lipinski definition) is 5. The highest BCUT2D eigenvalue weighted by Crippen LogP contribution is 2.36. The van der Waals surface area contributed by atoms with Gasteiger partial charge < -0.3 is 13.9 Å². The van der Waals surface area contributed by atoms with Gasteiger partial charge in [-0.05, 0) is 24.6 Å². The summed E-state index contributed by atoms with van der Waals surface area (Å²) in [6.45, 7) is 14.8. The molecule has 34 heavy (non-hydrogen) atoms. The first kappa shape index (κ1) is 33.1. The molecule has 0 N–H and O–H groups in total. The predicted octanol–water partition coefficient (Wildman–Crippen LogP) is 8.35. The molecule has 0 aromatic rings. The highest BCUT2D eigenvalue weighted by Gasteiger charge is 2.38. The predicted molar refractivity (Wildman–Crippen MR) is 145 cm³/mol. The summed E-state index contributed by atoms with van der Waals surface area (Å²) >= 11 is 0. The SMILES string of the molecule is CCCCCCCCCCCCCCCCC(=O)OC[C@H](CO[Si](C)(C)C(C)(C)C)OC(C)=O. The van der Waals surface area contributed by atoms with Crippen LogP contribution in [0.15, 0.2) is 0 Å². The van der Waals surface area contributed by atoms with Gasteiger partial charge in [-0.1, -0.05) is 111 Å². The van der Waals surface area contributed by atoms with Crippen LogP contribution >= 0.6 is 0 Å². The van der Waals surface area contributed by atoms with Gasteiger partial charge in [-0.2, -0.15) is 0 Å². The van der Waals surface area contributed by atoms with Gasteiger partial charge in [-0.25, -0.2) is 0 Å². The fourth-order valence-corrected chi connectivity index (χ4v) is 4.63. The van der Waals surface area contributed by atoms with E-state index in [0.29, 0.717) is 6.42 Å². The average Bonchev–Trinajstić information content (AvgIpc) is 2.74. The molecule has 0 bridgehead atoms. The van der Waals surface area contributed by atoms with Gasteiger partial charge in [0.1, 0.15) is 6.61 Å². The number of rotatable bonds is 21. The highest BCUT2D eigenvalue weighted by atomic mass is 28.4. The first-order chi connectivity index (χ1) is 16.0. The maximum Gasteiger partial charge on any atom is 0.305 e. The molecule has 0 aromatic heterocycles. The molecular formula is C28H56O5Si. The summed E-state index contributed by atoms with van der Waals surface area (Å²) in [5.41, 5.74) is 0. The number of ether oxygens (including phenoxy) is 2. The van der Waals surface area contributed by atoms with Gasteiger partial charge in [0.15, 0.2) is 14.4 Å². The Morgan fingerprint density at radius 3 is 1.59 bits per heavy atom. The van der Waals surface area contributed by atoms with Crippen molar-refractivity contribution in [2.75, 3.05) is 13.2 Å². The number of carbonyl (C=O) groups excluding carboxylic acids is 2.